The number of hydrogen-bond acceptors (Lipinski definition) is 4. The first-order valence-corrected chi connectivity index (χ1v) is 8.78. The van der Waals surface area contributed by atoms with E-state index in [9.17, 15) is 9.59 Å². The van der Waals surface area contributed by atoms with Crippen LogP contribution >= 0.6 is 35.6 Å². The molecule has 4 nitrogen and oxygen atoms in total. The van der Waals surface area contributed by atoms with Gasteiger partial charge in [-0.2, -0.15) is 0 Å². The van der Waals surface area contributed by atoms with Gasteiger partial charge < -0.3 is 5.32 Å². The minimum Gasteiger partial charge on any atom is -0.326 e. The number of amides is 2. The number of thiocarbonyl (C=S) groups is 1. The molecule has 0 unspecified atom stereocenters. The van der Waals surface area contributed by atoms with E-state index in [2.05, 4.69) is 5.32 Å². The minimum atomic E-state index is -0.0462. The minimum absolute atomic E-state index is 0.0462. The van der Waals surface area contributed by atoms with Crippen molar-refractivity contribution in [2.24, 2.45) is 0 Å². The van der Waals surface area contributed by atoms with E-state index in [0.717, 1.165) is 17.7 Å². The van der Waals surface area contributed by atoms with E-state index in [-0.39, 0.29) is 11.8 Å². The Morgan fingerprint density at radius 2 is 2.23 bits per heavy atom. The van der Waals surface area contributed by atoms with Crippen LogP contribution in [-0.4, -0.2) is 33.3 Å². The molecule has 0 aliphatic carbocycles. The normalized spacial score (nSPS) is 14.5. The fourth-order valence-corrected chi connectivity index (χ4v) is 3.40. The van der Waals surface area contributed by atoms with Gasteiger partial charge in [0.25, 0.3) is 0 Å². The van der Waals surface area contributed by atoms with Crippen molar-refractivity contribution in [3.05, 3.63) is 28.8 Å². The van der Waals surface area contributed by atoms with Crippen molar-refractivity contribution >= 4 is 57.4 Å². The van der Waals surface area contributed by atoms with E-state index in [1.807, 2.05) is 19.1 Å². The first-order valence-electron chi connectivity index (χ1n) is 7.01. The molecule has 0 saturated carbocycles. The fourth-order valence-electron chi connectivity index (χ4n) is 2.11. The van der Waals surface area contributed by atoms with Crippen LogP contribution in [0.2, 0.25) is 5.02 Å². The van der Waals surface area contributed by atoms with Crippen molar-refractivity contribution < 1.29 is 9.59 Å². The summed E-state index contributed by atoms with van der Waals surface area (Å²) in [6, 6.07) is 5.43. The average Bonchev–Trinajstić information content (AvgIpc) is 2.80. The number of nitrogens with zero attached hydrogens (tertiary/aromatic N) is 1. The third kappa shape index (κ3) is 4.44. The van der Waals surface area contributed by atoms with Crippen molar-refractivity contribution in [2.75, 3.05) is 17.6 Å². The van der Waals surface area contributed by atoms with Crippen LogP contribution in [0.5, 0.6) is 0 Å². The Balaban J connectivity index is 1.73. The summed E-state index contributed by atoms with van der Waals surface area (Å²) in [7, 11) is 0. The molecule has 2 rings (SSSR count). The van der Waals surface area contributed by atoms with E-state index in [1.165, 1.54) is 11.8 Å². The quantitative estimate of drug-likeness (QED) is 0.624. The van der Waals surface area contributed by atoms with Crippen molar-refractivity contribution in [1.82, 2.24) is 4.90 Å². The highest BCUT2D eigenvalue weighted by molar-refractivity contribution is 8.23. The number of hydrogen-bond donors (Lipinski definition) is 1. The van der Waals surface area contributed by atoms with Crippen LogP contribution in [0.3, 0.4) is 0 Å². The molecule has 1 aromatic carbocycles. The second kappa shape index (κ2) is 7.94. The van der Waals surface area contributed by atoms with Crippen molar-refractivity contribution in [1.29, 1.82) is 0 Å². The van der Waals surface area contributed by atoms with Gasteiger partial charge in [-0.05, 0) is 37.5 Å². The van der Waals surface area contributed by atoms with Gasteiger partial charge in [0.15, 0.2) is 0 Å². The number of rotatable bonds is 6. The molecule has 1 aromatic rings. The Labute approximate surface area is 144 Å². The second-order valence-corrected chi connectivity index (χ2v) is 7.03. The number of unbranched alkanes of at least 4 members (excludes halogenated alkanes) is 1. The third-order valence-electron chi connectivity index (χ3n) is 3.42. The first kappa shape index (κ1) is 17.2. The van der Waals surface area contributed by atoms with Gasteiger partial charge in [-0.1, -0.05) is 41.6 Å². The van der Waals surface area contributed by atoms with E-state index in [0.29, 0.717) is 34.5 Å². The van der Waals surface area contributed by atoms with E-state index < -0.39 is 0 Å². The lowest BCUT2D eigenvalue weighted by atomic mass is 10.2. The van der Waals surface area contributed by atoms with Gasteiger partial charge in [-0.25, -0.2) is 0 Å². The molecule has 0 radical (unpaired) electrons. The maximum atomic E-state index is 11.9. The molecule has 1 fully saturated rings. The molecular formula is C15H17ClN2O2S2. The SMILES string of the molecule is Cc1c(Cl)cccc1NC(=O)CCCCN1C(=O)CSC1=S. The summed E-state index contributed by atoms with van der Waals surface area (Å²) in [5, 5.41) is 3.50. The Bertz CT molecular complexity index is 591. The molecule has 2 amide bonds. The van der Waals surface area contributed by atoms with Crippen LogP contribution in [0.1, 0.15) is 24.8 Å². The third-order valence-corrected chi connectivity index (χ3v) is 5.26. The van der Waals surface area contributed by atoms with Crippen LogP contribution in [0.25, 0.3) is 0 Å². The van der Waals surface area contributed by atoms with E-state index in [1.54, 1.807) is 11.0 Å². The Morgan fingerprint density at radius 3 is 2.91 bits per heavy atom. The highest BCUT2D eigenvalue weighted by Gasteiger charge is 2.25. The number of carbonyl (C=O) groups is 2. The molecule has 0 spiro atoms. The predicted octanol–water partition coefficient (Wildman–Crippen LogP) is 3.62. The number of nitrogens with one attached hydrogen (secondary N) is 1. The Morgan fingerprint density at radius 1 is 1.45 bits per heavy atom. The van der Waals surface area contributed by atoms with Crippen molar-refractivity contribution in [2.45, 2.75) is 26.2 Å². The smallest absolute Gasteiger partial charge is 0.238 e. The molecule has 1 aliphatic heterocycles. The first-order chi connectivity index (χ1) is 10.5. The van der Waals surface area contributed by atoms with Crippen LogP contribution in [0, 0.1) is 6.92 Å². The molecule has 0 atom stereocenters. The molecule has 1 N–H and O–H groups in total. The van der Waals surface area contributed by atoms with Gasteiger partial charge in [-0.3, -0.25) is 14.5 Å². The molecular weight excluding hydrogens is 340 g/mol. The maximum absolute atomic E-state index is 11.9. The molecule has 1 saturated heterocycles. The van der Waals surface area contributed by atoms with Crippen LogP contribution in [0.15, 0.2) is 18.2 Å². The van der Waals surface area contributed by atoms with Crippen LogP contribution in [0.4, 0.5) is 5.69 Å². The fraction of sp³-hybridized carbons (Fsp3) is 0.400. The highest BCUT2D eigenvalue weighted by Crippen LogP contribution is 2.23. The lowest BCUT2D eigenvalue weighted by Crippen LogP contribution is -2.29. The number of thioether (sulfide) groups is 1. The Kier molecular flexibility index (Phi) is 6.23. The van der Waals surface area contributed by atoms with Gasteiger partial charge in [0.1, 0.15) is 4.32 Å². The number of anilines is 1. The lowest BCUT2D eigenvalue weighted by Gasteiger charge is -2.14. The molecule has 1 heterocycles. The summed E-state index contributed by atoms with van der Waals surface area (Å²) >= 11 is 12.5. The summed E-state index contributed by atoms with van der Waals surface area (Å²) < 4.78 is 0.643. The molecule has 0 aromatic heterocycles. The predicted molar refractivity (Wildman–Crippen MR) is 95.4 cm³/mol. The van der Waals surface area contributed by atoms with E-state index in [4.69, 9.17) is 23.8 Å². The van der Waals surface area contributed by atoms with Gasteiger partial charge in [-0.15, -0.1) is 0 Å². The van der Waals surface area contributed by atoms with E-state index >= 15 is 0 Å². The van der Waals surface area contributed by atoms with Crippen molar-refractivity contribution in [3.63, 3.8) is 0 Å². The summed E-state index contributed by atoms with van der Waals surface area (Å²) in [6.07, 6.45) is 1.88. The number of halogens is 1. The molecule has 22 heavy (non-hydrogen) atoms. The number of benzene rings is 1. The van der Waals surface area contributed by atoms with Gasteiger partial charge in [0.2, 0.25) is 11.8 Å². The Hall–Kier alpha value is -1.11. The lowest BCUT2D eigenvalue weighted by molar-refractivity contribution is -0.124. The standard InChI is InChI=1S/C15H17ClN2O2S2/c1-10-11(16)5-4-6-12(10)17-13(19)7-2-3-8-18-14(20)9-22-15(18)21/h4-6H,2-3,7-9H2,1H3,(H,17,19). The summed E-state index contributed by atoms with van der Waals surface area (Å²) in [5.41, 5.74) is 1.60. The summed E-state index contributed by atoms with van der Waals surface area (Å²) in [5.74, 6) is 0.456. The second-order valence-electron chi connectivity index (χ2n) is 5.02. The van der Waals surface area contributed by atoms with Crippen LogP contribution in [-0.2, 0) is 9.59 Å². The zero-order valence-electron chi connectivity index (χ0n) is 12.2. The van der Waals surface area contributed by atoms with Gasteiger partial charge >= 0.3 is 0 Å². The number of carbonyl (C=O) groups excluding carboxylic acids is 2. The van der Waals surface area contributed by atoms with Crippen molar-refractivity contribution in [3.8, 4) is 0 Å². The molecule has 1 aliphatic rings. The maximum Gasteiger partial charge on any atom is 0.238 e. The average molecular weight is 357 g/mol. The molecule has 7 heteroatoms. The molecule has 0 bridgehead atoms. The summed E-state index contributed by atoms with van der Waals surface area (Å²) in [4.78, 5) is 25.1. The van der Waals surface area contributed by atoms with Crippen LogP contribution < -0.4 is 5.32 Å². The topological polar surface area (TPSA) is 49.4 Å². The summed E-state index contributed by atoms with van der Waals surface area (Å²) in [6.45, 7) is 2.46. The monoisotopic (exact) mass is 356 g/mol. The zero-order valence-corrected chi connectivity index (χ0v) is 14.6. The zero-order chi connectivity index (χ0) is 16.1. The molecule has 118 valence electrons. The highest BCUT2D eigenvalue weighted by atomic mass is 35.5. The largest absolute Gasteiger partial charge is 0.326 e. The van der Waals surface area contributed by atoms with Gasteiger partial charge in [0.05, 0.1) is 5.75 Å². The van der Waals surface area contributed by atoms with Gasteiger partial charge in [0, 0.05) is 23.7 Å².